The summed E-state index contributed by atoms with van der Waals surface area (Å²) in [4.78, 5) is 18.0. The van der Waals surface area contributed by atoms with E-state index in [2.05, 4.69) is 80.6 Å². The van der Waals surface area contributed by atoms with Gasteiger partial charge in [0.1, 0.15) is 12.7 Å². The molecule has 4 bridgehead atoms. The van der Waals surface area contributed by atoms with Gasteiger partial charge in [0.05, 0.1) is 11.4 Å². The second-order valence-electron chi connectivity index (χ2n) is 12.0. The van der Waals surface area contributed by atoms with Gasteiger partial charge in [-0.05, 0) is 74.3 Å². The van der Waals surface area contributed by atoms with Gasteiger partial charge < -0.3 is 0 Å². The molecule has 0 N–H and O–H groups in total. The zero-order valence-electron chi connectivity index (χ0n) is 22.3. The molecule has 4 fully saturated rings. The van der Waals surface area contributed by atoms with Crippen LogP contribution in [0.1, 0.15) is 74.6 Å². The van der Waals surface area contributed by atoms with Crippen LogP contribution in [0.25, 0.3) is 22.5 Å². The molecule has 0 radical (unpaired) electrons. The van der Waals surface area contributed by atoms with Crippen LogP contribution in [-0.2, 0) is 20.1 Å². The molecular weight excluding hydrogens is 657 g/mol. The summed E-state index contributed by atoms with van der Waals surface area (Å²) in [5.41, 5.74) is 7.03. The second kappa shape index (κ2) is 11.8. The van der Waals surface area contributed by atoms with Crippen LogP contribution >= 0.6 is 0 Å². The van der Waals surface area contributed by atoms with Crippen LogP contribution in [-0.4, -0.2) is 19.9 Å². The van der Waals surface area contributed by atoms with E-state index in [0.717, 1.165) is 35.1 Å². The molecule has 0 amide bonds. The molecule has 4 nitrogen and oxygen atoms in total. The van der Waals surface area contributed by atoms with Gasteiger partial charge in [0, 0.05) is 34.4 Å². The molecular formula is C34H36IrN4+3. The first-order valence-corrected chi connectivity index (χ1v) is 14.5. The maximum atomic E-state index is 4.55. The summed E-state index contributed by atoms with van der Waals surface area (Å²) in [6.07, 6.45) is 14.7. The van der Waals surface area contributed by atoms with Gasteiger partial charge in [-0.15, -0.1) is 0 Å². The third-order valence-corrected chi connectivity index (χ3v) is 9.75. The maximum Gasteiger partial charge on any atom is 3.00 e. The van der Waals surface area contributed by atoms with Gasteiger partial charge in [-0.1, -0.05) is 73.5 Å². The molecule has 6 atom stereocenters. The van der Waals surface area contributed by atoms with Crippen molar-refractivity contribution in [2.24, 2.45) is 23.7 Å². The van der Waals surface area contributed by atoms with Crippen molar-refractivity contribution >= 4 is 0 Å². The van der Waals surface area contributed by atoms with Gasteiger partial charge >= 0.3 is 20.1 Å². The van der Waals surface area contributed by atoms with Crippen molar-refractivity contribution < 1.29 is 20.1 Å². The fourth-order valence-electron chi connectivity index (χ4n) is 7.90. The summed E-state index contributed by atoms with van der Waals surface area (Å²) in [6.45, 7) is 0. The summed E-state index contributed by atoms with van der Waals surface area (Å²) in [5.74, 6) is 5.05. The maximum absolute atomic E-state index is 4.55. The van der Waals surface area contributed by atoms with Gasteiger partial charge in [-0.3, -0.25) is 0 Å². The first kappa shape index (κ1) is 26.5. The van der Waals surface area contributed by atoms with Crippen molar-refractivity contribution in [3.05, 3.63) is 96.8 Å². The van der Waals surface area contributed by atoms with Gasteiger partial charge in [0.15, 0.2) is 0 Å². The summed E-state index contributed by atoms with van der Waals surface area (Å²) >= 11 is 0. The molecule has 4 saturated carbocycles. The van der Waals surface area contributed by atoms with Gasteiger partial charge in [-0.2, -0.15) is 0 Å². The van der Waals surface area contributed by atoms with E-state index in [1.165, 1.54) is 73.9 Å². The van der Waals surface area contributed by atoms with Crippen molar-refractivity contribution in [3.8, 4) is 22.5 Å². The first-order valence-electron chi connectivity index (χ1n) is 14.5. The Morgan fingerprint density at radius 2 is 0.923 bits per heavy atom. The van der Waals surface area contributed by atoms with Crippen LogP contribution < -0.4 is 0 Å². The molecule has 4 aliphatic carbocycles. The molecule has 6 unspecified atom stereocenters. The zero-order valence-corrected chi connectivity index (χ0v) is 24.7. The van der Waals surface area contributed by atoms with Crippen LogP contribution in [0.4, 0.5) is 0 Å². The molecule has 4 aliphatic rings. The fraction of sp³-hybridized carbons (Fsp3) is 0.412. The Morgan fingerprint density at radius 1 is 0.487 bits per heavy atom. The molecule has 2 aromatic heterocycles. The van der Waals surface area contributed by atoms with E-state index >= 15 is 0 Å². The monoisotopic (exact) mass is 693 g/mol. The quantitative estimate of drug-likeness (QED) is 0.217. The number of fused-ring (bicyclic) bond motifs is 4. The largest absolute Gasteiger partial charge is 3.00 e. The van der Waals surface area contributed by atoms with Crippen LogP contribution in [0, 0.1) is 23.7 Å². The zero-order chi connectivity index (χ0) is 25.3. The molecule has 0 saturated heterocycles. The number of benzene rings is 2. The third kappa shape index (κ3) is 5.62. The van der Waals surface area contributed by atoms with E-state index in [1.54, 1.807) is 12.7 Å². The summed E-state index contributed by atoms with van der Waals surface area (Å²) in [7, 11) is 0. The minimum absolute atomic E-state index is 0. The van der Waals surface area contributed by atoms with E-state index in [1.807, 2.05) is 12.1 Å². The molecule has 0 aliphatic heterocycles. The van der Waals surface area contributed by atoms with E-state index in [4.69, 9.17) is 0 Å². The third-order valence-electron chi connectivity index (χ3n) is 9.75. The number of aromatic nitrogens is 4. The van der Waals surface area contributed by atoms with Gasteiger partial charge in [-0.25, -0.2) is 19.9 Å². The average Bonchev–Trinajstić information content (AvgIpc) is 3.82. The van der Waals surface area contributed by atoms with Crippen molar-refractivity contribution in [2.75, 3.05) is 0 Å². The van der Waals surface area contributed by atoms with Crippen LogP contribution in [0.2, 0.25) is 0 Å². The SMILES string of the molecule is [Ir+3].c1ccc(-c2cc(C3CC4CCC3C4)ncn2)cc1.c1ccc(-c2cc(C3CC4CCC3C4)ncn2)cc1. The Kier molecular flexibility index (Phi) is 7.99. The van der Waals surface area contributed by atoms with Crippen molar-refractivity contribution in [2.45, 2.75) is 63.2 Å². The van der Waals surface area contributed by atoms with Crippen molar-refractivity contribution in [1.82, 2.24) is 19.9 Å². The topological polar surface area (TPSA) is 51.6 Å². The number of nitrogens with zero attached hydrogens (tertiary/aromatic N) is 4. The minimum atomic E-state index is 0. The fourth-order valence-corrected chi connectivity index (χ4v) is 7.90. The molecule has 5 heteroatoms. The van der Waals surface area contributed by atoms with Gasteiger partial charge in [0.2, 0.25) is 0 Å². The summed E-state index contributed by atoms with van der Waals surface area (Å²) < 4.78 is 0. The smallest absolute Gasteiger partial charge is 0.241 e. The molecule has 39 heavy (non-hydrogen) atoms. The second-order valence-corrected chi connectivity index (χ2v) is 12.0. The standard InChI is InChI=1S/2C17H18N2.Ir/c2*1-2-4-13(5-3-1)16-10-17(19-11-18-16)15-9-12-6-7-14(15)8-12;/h2*1-5,10-12,14-15H,6-9H2;/q;;+3. The van der Waals surface area contributed by atoms with E-state index < -0.39 is 0 Å². The predicted octanol–water partition coefficient (Wildman–Crippen LogP) is 8.09. The molecule has 2 heterocycles. The van der Waals surface area contributed by atoms with Crippen LogP contribution in [0.5, 0.6) is 0 Å². The van der Waals surface area contributed by atoms with Gasteiger partial charge in [0.25, 0.3) is 0 Å². The Balaban J connectivity index is 0.000000138. The van der Waals surface area contributed by atoms with Crippen molar-refractivity contribution in [1.29, 1.82) is 0 Å². The summed E-state index contributed by atoms with van der Waals surface area (Å²) in [6, 6.07) is 25.2. The predicted molar refractivity (Wildman–Crippen MR) is 151 cm³/mol. The molecule has 0 spiro atoms. The molecule has 8 rings (SSSR count). The minimum Gasteiger partial charge on any atom is -0.241 e. The van der Waals surface area contributed by atoms with E-state index in [9.17, 15) is 0 Å². The molecule has 2 aromatic carbocycles. The summed E-state index contributed by atoms with van der Waals surface area (Å²) in [5, 5.41) is 0. The molecule has 198 valence electrons. The van der Waals surface area contributed by atoms with Crippen molar-refractivity contribution in [3.63, 3.8) is 0 Å². The Hall–Kier alpha value is -2.75. The Morgan fingerprint density at radius 3 is 1.28 bits per heavy atom. The number of hydrogen-bond donors (Lipinski definition) is 0. The van der Waals surface area contributed by atoms with Crippen LogP contribution in [0.3, 0.4) is 0 Å². The van der Waals surface area contributed by atoms with E-state index in [0.29, 0.717) is 11.8 Å². The first-order chi connectivity index (χ1) is 18.8. The van der Waals surface area contributed by atoms with Crippen LogP contribution in [0.15, 0.2) is 85.5 Å². The number of hydrogen-bond acceptors (Lipinski definition) is 4. The number of rotatable bonds is 4. The van der Waals surface area contributed by atoms with E-state index in [-0.39, 0.29) is 20.1 Å². The normalized spacial score (nSPS) is 28.0. The average molecular weight is 693 g/mol. The Bertz CT molecular complexity index is 1270. The molecule has 4 aromatic rings. The Labute approximate surface area is 245 Å².